The van der Waals surface area contributed by atoms with Gasteiger partial charge in [0.2, 0.25) is 0 Å². The van der Waals surface area contributed by atoms with Gasteiger partial charge in [-0.3, -0.25) is 0 Å². The van der Waals surface area contributed by atoms with Crippen LogP contribution in [0.2, 0.25) is 0 Å². The molecule has 0 aromatic heterocycles. The van der Waals surface area contributed by atoms with Crippen LogP contribution in [0.4, 0.5) is 0 Å². The van der Waals surface area contributed by atoms with Gasteiger partial charge >= 0.3 is 0 Å². The molecule has 84 valence electrons. The summed E-state index contributed by atoms with van der Waals surface area (Å²) in [6.45, 7) is 10.0. The second-order valence-corrected chi connectivity index (χ2v) is 7.22. The molecule has 2 fully saturated rings. The Hall–Kier alpha value is -0.260. The molecule has 2 saturated carbocycles. The van der Waals surface area contributed by atoms with Crippen molar-refractivity contribution in [2.45, 2.75) is 53.4 Å². The van der Waals surface area contributed by atoms with Gasteiger partial charge in [-0.05, 0) is 53.8 Å². The zero-order valence-electron chi connectivity index (χ0n) is 10.6. The topological polar surface area (TPSA) is 0 Å². The number of rotatable bonds is 0. The Balaban J connectivity index is 2.12. The predicted molar refractivity (Wildman–Crippen MR) is 64.6 cm³/mol. The van der Waals surface area contributed by atoms with Crippen molar-refractivity contribution in [3.05, 3.63) is 12.2 Å². The predicted octanol–water partition coefficient (Wildman–Crippen LogP) is 4.42. The fourth-order valence-electron chi connectivity index (χ4n) is 5.33. The van der Waals surface area contributed by atoms with Crippen molar-refractivity contribution >= 4 is 0 Å². The van der Waals surface area contributed by atoms with Gasteiger partial charge in [0.1, 0.15) is 0 Å². The van der Waals surface area contributed by atoms with Crippen molar-refractivity contribution in [1.29, 1.82) is 0 Å². The van der Waals surface area contributed by atoms with E-state index in [2.05, 4.69) is 39.8 Å². The average Bonchev–Trinajstić information content (AvgIpc) is 2.52. The lowest BCUT2D eigenvalue weighted by atomic mass is 9.63. The first kappa shape index (κ1) is 9.93. The smallest absolute Gasteiger partial charge is 0.0195 e. The van der Waals surface area contributed by atoms with E-state index in [4.69, 9.17) is 0 Å². The maximum Gasteiger partial charge on any atom is -0.0195 e. The molecule has 3 aliphatic carbocycles. The normalized spacial score (nSPS) is 55.7. The molecule has 0 saturated heterocycles. The van der Waals surface area contributed by atoms with Crippen LogP contribution in [-0.4, -0.2) is 0 Å². The van der Waals surface area contributed by atoms with E-state index in [9.17, 15) is 0 Å². The van der Waals surface area contributed by atoms with Crippen LogP contribution < -0.4 is 0 Å². The molecule has 0 aliphatic heterocycles. The van der Waals surface area contributed by atoms with E-state index in [1.54, 1.807) is 0 Å². The summed E-state index contributed by atoms with van der Waals surface area (Å²) in [5, 5.41) is 0. The van der Waals surface area contributed by atoms with Gasteiger partial charge in [-0.1, -0.05) is 39.8 Å². The lowest BCUT2D eigenvalue weighted by molar-refractivity contribution is 0.0828. The minimum Gasteiger partial charge on any atom is -0.0879 e. The van der Waals surface area contributed by atoms with Gasteiger partial charge in [-0.25, -0.2) is 0 Å². The Morgan fingerprint density at radius 1 is 1.13 bits per heavy atom. The quantitative estimate of drug-likeness (QED) is 0.513. The van der Waals surface area contributed by atoms with Gasteiger partial charge < -0.3 is 0 Å². The van der Waals surface area contributed by atoms with E-state index in [1.807, 2.05) is 0 Å². The van der Waals surface area contributed by atoms with Crippen molar-refractivity contribution in [1.82, 2.24) is 0 Å². The summed E-state index contributed by atoms with van der Waals surface area (Å²) in [5.41, 5.74) is 1.86. The Bertz CT molecular complexity index is 325. The van der Waals surface area contributed by atoms with Crippen LogP contribution in [0.3, 0.4) is 0 Å². The number of allylic oxidation sites excluding steroid dienone is 2. The highest BCUT2D eigenvalue weighted by molar-refractivity contribution is 5.22. The molecule has 2 bridgehead atoms. The first-order valence-corrected chi connectivity index (χ1v) is 6.59. The molecule has 0 aromatic carbocycles. The number of hydrogen-bond acceptors (Lipinski definition) is 0. The summed E-state index contributed by atoms with van der Waals surface area (Å²) in [5.74, 6) is 1.79. The maximum absolute atomic E-state index is 2.57. The molecule has 0 amide bonds. The molecule has 0 nitrogen and oxygen atoms in total. The van der Waals surface area contributed by atoms with Crippen LogP contribution in [0, 0.1) is 28.1 Å². The molecule has 3 aliphatic rings. The minimum atomic E-state index is 0.566. The molecule has 3 rings (SSSR count). The highest BCUT2D eigenvalue weighted by atomic mass is 14.7. The highest BCUT2D eigenvalue weighted by Crippen LogP contribution is 2.76. The van der Waals surface area contributed by atoms with Crippen LogP contribution >= 0.6 is 0 Å². The number of hydrogen-bond donors (Lipinski definition) is 0. The van der Waals surface area contributed by atoms with E-state index in [0.717, 1.165) is 11.8 Å². The summed E-state index contributed by atoms with van der Waals surface area (Å²) in [4.78, 5) is 0. The molecule has 15 heavy (non-hydrogen) atoms. The Kier molecular flexibility index (Phi) is 1.67. The van der Waals surface area contributed by atoms with Crippen LogP contribution in [0.15, 0.2) is 12.2 Å². The van der Waals surface area contributed by atoms with Crippen LogP contribution in [0.25, 0.3) is 0 Å². The van der Waals surface area contributed by atoms with Gasteiger partial charge in [-0.15, -0.1) is 0 Å². The summed E-state index contributed by atoms with van der Waals surface area (Å²) in [7, 11) is 0. The summed E-state index contributed by atoms with van der Waals surface area (Å²) in [6, 6.07) is 0. The van der Waals surface area contributed by atoms with Crippen molar-refractivity contribution in [2.75, 3.05) is 0 Å². The zero-order valence-corrected chi connectivity index (χ0v) is 10.6. The standard InChI is InChI=1S/C15H24/c1-11-6-5-7-12-14(4)8-9-15(11,12)10-13(14,2)3/h5-6,11-12H,7-10H2,1-4H3/t11?,12-,14-,15-/m0/s1. The van der Waals surface area contributed by atoms with Gasteiger partial charge in [-0.2, -0.15) is 0 Å². The Morgan fingerprint density at radius 2 is 1.87 bits per heavy atom. The molecular formula is C15H24. The van der Waals surface area contributed by atoms with E-state index in [-0.39, 0.29) is 0 Å². The van der Waals surface area contributed by atoms with E-state index in [0.29, 0.717) is 16.2 Å². The molecule has 0 radical (unpaired) electrons. The molecule has 0 heterocycles. The zero-order chi connectivity index (χ0) is 10.9. The third kappa shape index (κ3) is 0.905. The third-order valence-electron chi connectivity index (χ3n) is 6.59. The second-order valence-electron chi connectivity index (χ2n) is 7.22. The molecular weight excluding hydrogens is 180 g/mol. The summed E-state index contributed by atoms with van der Waals surface area (Å²) in [6.07, 6.45) is 10.7. The molecule has 0 aromatic rings. The first-order valence-electron chi connectivity index (χ1n) is 6.59. The highest BCUT2D eigenvalue weighted by Gasteiger charge is 2.68. The van der Waals surface area contributed by atoms with Crippen LogP contribution in [-0.2, 0) is 0 Å². The summed E-state index contributed by atoms with van der Waals surface area (Å²) >= 11 is 0. The van der Waals surface area contributed by atoms with Crippen molar-refractivity contribution in [3.8, 4) is 0 Å². The lowest BCUT2D eigenvalue weighted by Crippen LogP contribution is -2.33. The van der Waals surface area contributed by atoms with Gasteiger partial charge in [0, 0.05) is 0 Å². The fraction of sp³-hybridized carbons (Fsp3) is 0.867. The minimum absolute atomic E-state index is 0.566. The molecule has 1 unspecified atom stereocenters. The summed E-state index contributed by atoms with van der Waals surface area (Å²) < 4.78 is 0. The van der Waals surface area contributed by atoms with E-state index < -0.39 is 0 Å². The van der Waals surface area contributed by atoms with Crippen molar-refractivity contribution in [2.24, 2.45) is 28.1 Å². The van der Waals surface area contributed by atoms with Gasteiger partial charge in [0.15, 0.2) is 0 Å². The second kappa shape index (κ2) is 2.52. The Labute approximate surface area is 94.1 Å². The Morgan fingerprint density at radius 3 is 2.47 bits per heavy atom. The maximum atomic E-state index is 2.57. The third-order valence-corrected chi connectivity index (χ3v) is 6.59. The van der Waals surface area contributed by atoms with Gasteiger partial charge in [0.25, 0.3) is 0 Å². The van der Waals surface area contributed by atoms with E-state index in [1.165, 1.54) is 25.7 Å². The van der Waals surface area contributed by atoms with Crippen molar-refractivity contribution in [3.63, 3.8) is 0 Å². The van der Waals surface area contributed by atoms with E-state index >= 15 is 0 Å². The van der Waals surface area contributed by atoms with Gasteiger partial charge in [0.05, 0.1) is 0 Å². The molecule has 0 N–H and O–H groups in total. The monoisotopic (exact) mass is 204 g/mol. The fourth-order valence-corrected chi connectivity index (χ4v) is 5.33. The van der Waals surface area contributed by atoms with Crippen molar-refractivity contribution < 1.29 is 0 Å². The lowest BCUT2D eigenvalue weighted by Gasteiger charge is -2.41. The average molecular weight is 204 g/mol. The SMILES string of the molecule is CC1C=CC[C@@H]2[C@]13CC[C@]2(C)C(C)(C)C3. The largest absolute Gasteiger partial charge is 0.0879 e. The molecule has 0 heteroatoms. The molecule has 0 spiro atoms. The molecule has 4 atom stereocenters. The first-order chi connectivity index (χ1) is 6.92. The van der Waals surface area contributed by atoms with Crippen LogP contribution in [0.1, 0.15) is 53.4 Å². The van der Waals surface area contributed by atoms with Crippen LogP contribution in [0.5, 0.6) is 0 Å².